The van der Waals surface area contributed by atoms with Gasteiger partial charge in [0.1, 0.15) is 5.15 Å². The van der Waals surface area contributed by atoms with Crippen LogP contribution in [0.2, 0.25) is 5.15 Å². The van der Waals surface area contributed by atoms with E-state index < -0.39 is 24.1 Å². The number of benzene rings is 1. The number of rotatable bonds is 4. The first-order chi connectivity index (χ1) is 9.95. The van der Waals surface area contributed by atoms with Crippen molar-refractivity contribution in [3.63, 3.8) is 0 Å². The van der Waals surface area contributed by atoms with Crippen LogP contribution in [0, 0.1) is 5.82 Å². The van der Waals surface area contributed by atoms with E-state index >= 15 is 0 Å². The molecular weight excluding hydrogens is 309 g/mol. The molecule has 0 spiro atoms. The van der Waals surface area contributed by atoms with Gasteiger partial charge in [0.15, 0.2) is 11.6 Å². The number of aromatic nitrogens is 1. The van der Waals surface area contributed by atoms with Crippen LogP contribution in [0.15, 0.2) is 36.5 Å². The number of carbonyl (C=O) groups excluding carboxylic acids is 1. The van der Waals surface area contributed by atoms with Crippen LogP contribution in [0.1, 0.15) is 10.4 Å². The normalized spacial score (nSPS) is 10.5. The van der Waals surface area contributed by atoms with Gasteiger partial charge >= 0.3 is 6.61 Å². The molecule has 1 aromatic heterocycles. The van der Waals surface area contributed by atoms with E-state index in [4.69, 9.17) is 11.6 Å². The van der Waals surface area contributed by atoms with Gasteiger partial charge in [-0.3, -0.25) is 4.79 Å². The number of hydrogen-bond donors (Lipinski definition) is 1. The van der Waals surface area contributed by atoms with Crippen LogP contribution in [0.5, 0.6) is 5.75 Å². The number of anilines is 1. The first-order valence-electron chi connectivity index (χ1n) is 5.63. The summed E-state index contributed by atoms with van der Waals surface area (Å²) in [5.74, 6) is -2.15. The Kier molecular flexibility index (Phi) is 4.64. The molecule has 0 saturated carbocycles. The molecule has 110 valence electrons. The van der Waals surface area contributed by atoms with Crippen LogP contribution in [-0.4, -0.2) is 17.5 Å². The predicted octanol–water partition coefficient (Wildman–Crippen LogP) is 3.73. The van der Waals surface area contributed by atoms with Crippen molar-refractivity contribution in [3.05, 3.63) is 53.1 Å². The summed E-state index contributed by atoms with van der Waals surface area (Å²) in [7, 11) is 0. The lowest BCUT2D eigenvalue weighted by Crippen LogP contribution is -2.12. The molecule has 0 aliphatic rings. The Hall–Kier alpha value is -2.28. The number of hydrogen-bond acceptors (Lipinski definition) is 3. The smallest absolute Gasteiger partial charge is 0.387 e. The Labute approximate surface area is 122 Å². The minimum atomic E-state index is -3.12. The number of nitrogens with one attached hydrogen (secondary N) is 1. The van der Waals surface area contributed by atoms with Crippen LogP contribution >= 0.6 is 11.6 Å². The van der Waals surface area contributed by atoms with Crippen LogP contribution in [0.3, 0.4) is 0 Å². The molecule has 1 N–H and O–H groups in total. The summed E-state index contributed by atoms with van der Waals surface area (Å²) in [5, 5.41) is 2.62. The van der Waals surface area contributed by atoms with Crippen molar-refractivity contribution >= 4 is 23.2 Å². The molecule has 1 heterocycles. The second kappa shape index (κ2) is 6.45. The summed E-state index contributed by atoms with van der Waals surface area (Å²) < 4.78 is 41.4. The lowest BCUT2D eigenvalue weighted by Gasteiger charge is -2.08. The highest BCUT2D eigenvalue weighted by Gasteiger charge is 2.12. The van der Waals surface area contributed by atoms with Crippen LogP contribution < -0.4 is 10.1 Å². The Balaban J connectivity index is 2.11. The largest absolute Gasteiger partial charge is 0.432 e. The van der Waals surface area contributed by atoms with E-state index in [0.29, 0.717) is 0 Å². The molecule has 8 heteroatoms. The van der Waals surface area contributed by atoms with Gasteiger partial charge in [-0.2, -0.15) is 8.78 Å². The monoisotopic (exact) mass is 316 g/mol. The average Bonchev–Trinajstić information content (AvgIpc) is 2.42. The molecular formula is C13H8ClF3N2O2. The summed E-state index contributed by atoms with van der Waals surface area (Å²) in [4.78, 5) is 15.6. The van der Waals surface area contributed by atoms with E-state index in [9.17, 15) is 18.0 Å². The molecule has 4 nitrogen and oxygen atoms in total. The van der Waals surface area contributed by atoms with Crippen LogP contribution in [0.25, 0.3) is 0 Å². The minimum absolute atomic E-state index is 0.0917. The predicted molar refractivity (Wildman–Crippen MR) is 70.2 cm³/mol. The van der Waals surface area contributed by atoms with E-state index in [1.165, 1.54) is 24.4 Å². The highest BCUT2D eigenvalue weighted by molar-refractivity contribution is 6.29. The maximum atomic E-state index is 13.5. The Bertz CT molecular complexity index is 650. The fourth-order valence-corrected chi connectivity index (χ4v) is 1.60. The lowest BCUT2D eigenvalue weighted by atomic mass is 10.2. The zero-order valence-corrected chi connectivity index (χ0v) is 11.1. The van der Waals surface area contributed by atoms with Gasteiger partial charge in [0.05, 0.1) is 5.56 Å². The topological polar surface area (TPSA) is 51.2 Å². The summed E-state index contributed by atoms with van der Waals surface area (Å²) >= 11 is 5.59. The van der Waals surface area contributed by atoms with Gasteiger partial charge in [-0.25, -0.2) is 9.37 Å². The number of ether oxygens (including phenoxy) is 1. The van der Waals surface area contributed by atoms with Gasteiger partial charge in [0.25, 0.3) is 5.91 Å². The highest BCUT2D eigenvalue weighted by Crippen LogP contribution is 2.23. The third-order valence-corrected chi connectivity index (χ3v) is 2.62. The maximum Gasteiger partial charge on any atom is 0.387 e. The van der Waals surface area contributed by atoms with E-state index in [2.05, 4.69) is 15.0 Å². The lowest BCUT2D eigenvalue weighted by molar-refractivity contribution is -0.0521. The molecule has 0 radical (unpaired) electrons. The number of pyridine rings is 1. The van der Waals surface area contributed by atoms with E-state index in [0.717, 1.165) is 12.1 Å². The average molecular weight is 317 g/mol. The molecule has 2 rings (SSSR count). The van der Waals surface area contributed by atoms with Crippen molar-refractivity contribution in [2.75, 3.05) is 5.32 Å². The van der Waals surface area contributed by atoms with Gasteiger partial charge in [-0.05, 0) is 24.3 Å². The number of carbonyl (C=O) groups is 1. The molecule has 1 amide bonds. The fourth-order valence-electron chi connectivity index (χ4n) is 1.48. The van der Waals surface area contributed by atoms with Gasteiger partial charge in [0.2, 0.25) is 0 Å². The van der Waals surface area contributed by atoms with Crippen LogP contribution in [0.4, 0.5) is 18.9 Å². The molecule has 0 atom stereocenters. The first kappa shape index (κ1) is 15.1. The SMILES string of the molecule is O=C(Nc1ccc(OC(F)F)c(F)c1)c1ccc(Cl)nc1. The summed E-state index contributed by atoms with van der Waals surface area (Å²) in [6.45, 7) is -3.12. The molecule has 0 saturated heterocycles. The zero-order valence-electron chi connectivity index (χ0n) is 10.3. The number of nitrogens with zero attached hydrogens (tertiary/aromatic N) is 1. The summed E-state index contributed by atoms with van der Waals surface area (Å²) in [5.41, 5.74) is 0.307. The summed E-state index contributed by atoms with van der Waals surface area (Å²) in [6, 6.07) is 5.98. The van der Waals surface area contributed by atoms with Crippen molar-refractivity contribution < 1.29 is 22.7 Å². The number of alkyl halides is 2. The molecule has 1 aromatic carbocycles. The Morgan fingerprint density at radius 3 is 2.62 bits per heavy atom. The second-order valence-corrected chi connectivity index (χ2v) is 4.23. The Morgan fingerprint density at radius 1 is 1.29 bits per heavy atom. The van der Waals surface area contributed by atoms with Crippen molar-refractivity contribution in [2.24, 2.45) is 0 Å². The maximum absolute atomic E-state index is 13.5. The molecule has 0 aliphatic carbocycles. The number of halogens is 4. The highest BCUT2D eigenvalue weighted by atomic mass is 35.5. The number of amides is 1. The van der Waals surface area contributed by atoms with Crippen molar-refractivity contribution in [1.82, 2.24) is 4.98 Å². The molecule has 0 aliphatic heterocycles. The fraction of sp³-hybridized carbons (Fsp3) is 0.0769. The standard InChI is InChI=1S/C13H8ClF3N2O2/c14-11-4-1-7(6-18-11)12(20)19-8-2-3-10(9(15)5-8)21-13(16)17/h1-6,13H,(H,19,20). The van der Waals surface area contributed by atoms with Gasteiger partial charge in [-0.15, -0.1) is 0 Å². The third-order valence-electron chi connectivity index (χ3n) is 2.40. The molecule has 0 unspecified atom stereocenters. The minimum Gasteiger partial charge on any atom is -0.432 e. The molecule has 0 fully saturated rings. The van der Waals surface area contributed by atoms with E-state index in [1.54, 1.807) is 0 Å². The second-order valence-electron chi connectivity index (χ2n) is 3.85. The van der Waals surface area contributed by atoms with Crippen molar-refractivity contribution in [2.45, 2.75) is 6.61 Å². The van der Waals surface area contributed by atoms with Crippen molar-refractivity contribution in [3.8, 4) is 5.75 Å². The molecule has 0 bridgehead atoms. The van der Waals surface area contributed by atoms with Gasteiger partial charge in [-0.1, -0.05) is 11.6 Å². The summed E-state index contributed by atoms with van der Waals surface area (Å²) in [6.07, 6.45) is 1.25. The molecule has 21 heavy (non-hydrogen) atoms. The van der Waals surface area contributed by atoms with E-state index in [1.807, 2.05) is 0 Å². The quantitative estimate of drug-likeness (QED) is 0.874. The zero-order chi connectivity index (χ0) is 15.4. The Morgan fingerprint density at radius 2 is 2.05 bits per heavy atom. The molecule has 2 aromatic rings. The third kappa shape index (κ3) is 4.09. The van der Waals surface area contributed by atoms with Gasteiger partial charge in [0, 0.05) is 18.0 Å². The van der Waals surface area contributed by atoms with Gasteiger partial charge < -0.3 is 10.1 Å². The first-order valence-corrected chi connectivity index (χ1v) is 6.01. The van der Waals surface area contributed by atoms with E-state index in [-0.39, 0.29) is 16.4 Å². The van der Waals surface area contributed by atoms with Crippen molar-refractivity contribution in [1.29, 1.82) is 0 Å². The van der Waals surface area contributed by atoms with Crippen LogP contribution in [-0.2, 0) is 0 Å².